The van der Waals surface area contributed by atoms with Gasteiger partial charge in [-0.25, -0.2) is 4.98 Å². The molecule has 0 fully saturated rings. The maximum atomic E-state index is 12.5. The van der Waals surface area contributed by atoms with Crippen molar-refractivity contribution in [3.8, 4) is 0 Å². The monoisotopic (exact) mass is 321 g/mol. The number of aromatic nitrogens is 2. The molecule has 1 aromatic heterocycles. The molecule has 0 amide bonds. The predicted octanol–water partition coefficient (Wildman–Crippen LogP) is 2.04. The van der Waals surface area contributed by atoms with Crippen molar-refractivity contribution in [3.63, 3.8) is 0 Å². The predicted molar refractivity (Wildman–Crippen MR) is 79.5 cm³/mol. The Balaban J connectivity index is 2.16. The van der Waals surface area contributed by atoms with E-state index in [0.29, 0.717) is 5.39 Å². The topological polar surface area (TPSA) is 38.1 Å². The van der Waals surface area contributed by atoms with Crippen LogP contribution in [0.1, 0.15) is 12.7 Å². The third-order valence-electron chi connectivity index (χ3n) is 3.74. The second-order valence-corrected chi connectivity index (χ2v) is 5.75. The summed E-state index contributed by atoms with van der Waals surface area (Å²) in [6.07, 6.45) is 0.839. The van der Waals surface area contributed by atoms with Gasteiger partial charge in [-0.2, -0.15) is 0 Å². The molecule has 0 aliphatic carbocycles. The van der Waals surface area contributed by atoms with Gasteiger partial charge in [-0.1, -0.05) is 22.9 Å². The van der Waals surface area contributed by atoms with E-state index < -0.39 is 0 Å². The summed E-state index contributed by atoms with van der Waals surface area (Å²) in [6.45, 7) is 5.81. The second kappa shape index (κ2) is 5.06. The molecule has 4 nitrogen and oxygen atoms in total. The Kier molecular flexibility index (Phi) is 3.41. The molecular weight excluding hydrogens is 306 g/mol. The molecule has 0 unspecified atom stereocenters. The zero-order valence-electron chi connectivity index (χ0n) is 10.9. The van der Waals surface area contributed by atoms with Crippen molar-refractivity contribution in [1.29, 1.82) is 0 Å². The first-order valence-electron chi connectivity index (χ1n) is 6.60. The quantitative estimate of drug-likeness (QED) is 0.806. The summed E-state index contributed by atoms with van der Waals surface area (Å²) < 4.78 is 2.80. The Morgan fingerprint density at radius 1 is 1.32 bits per heavy atom. The Labute approximate surface area is 120 Å². The van der Waals surface area contributed by atoms with Crippen LogP contribution >= 0.6 is 15.9 Å². The molecule has 0 saturated carbocycles. The summed E-state index contributed by atoms with van der Waals surface area (Å²) >= 11 is 3.43. The van der Waals surface area contributed by atoms with E-state index in [2.05, 4.69) is 32.7 Å². The van der Waals surface area contributed by atoms with Gasteiger partial charge in [-0.3, -0.25) is 9.36 Å². The largest absolute Gasteiger partial charge is 0.301 e. The number of fused-ring (bicyclic) bond motifs is 2. The van der Waals surface area contributed by atoms with E-state index in [0.717, 1.165) is 48.4 Å². The fraction of sp³-hybridized carbons (Fsp3) is 0.429. The average Bonchev–Trinajstić information content (AvgIpc) is 2.61. The lowest BCUT2D eigenvalue weighted by Gasteiger charge is -2.15. The number of rotatable bonds is 1. The van der Waals surface area contributed by atoms with E-state index in [1.807, 2.05) is 22.8 Å². The first kappa shape index (κ1) is 12.8. The smallest absolute Gasteiger partial charge is 0.261 e. The van der Waals surface area contributed by atoms with Gasteiger partial charge in [0.15, 0.2) is 0 Å². The van der Waals surface area contributed by atoms with Gasteiger partial charge in [0.1, 0.15) is 5.82 Å². The summed E-state index contributed by atoms with van der Waals surface area (Å²) in [6, 6.07) is 5.66. The zero-order valence-corrected chi connectivity index (χ0v) is 12.5. The van der Waals surface area contributed by atoms with Crippen LogP contribution in [0.15, 0.2) is 27.5 Å². The van der Waals surface area contributed by atoms with E-state index in [9.17, 15) is 4.79 Å². The van der Waals surface area contributed by atoms with Crippen molar-refractivity contribution >= 4 is 26.8 Å². The number of benzene rings is 1. The number of halogens is 1. The Bertz CT molecular complexity index is 680. The standard InChI is InChI=1S/C14H16BrN3O/c1-2-17-6-5-13-16-12-9-10(15)3-4-11(12)14(19)18(13)8-7-17/h3-4,9H,2,5-8H2,1H3. The normalized spacial score (nSPS) is 16.3. The molecule has 0 spiro atoms. The highest BCUT2D eigenvalue weighted by molar-refractivity contribution is 9.10. The van der Waals surface area contributed by atoms with Crippen molar-refractivity contribution < 1.29 is 0 Å². The van der Waals surface area contributed by atoms with Crippen LogP contribution in [0, 0.1) is 0 Å². The molecule has 0 atom stereocenters. The van der Waals surface area contributed by atoms with Gasteiger partial charge in [0, 0.05) is 30.5 Å². The lowest BCUT2D eigenvalue weighted by Crippen LogP contribution is -2.28. The minimum Gasteiger partial charge on any atom is -0.301 e. The summed E-state index contributed by atoms with van der Waals surface area (Å²) in [5.74, 6) is 0.909. The van der Waals surface area contributed by atoms with Crippen LogP contribution in [-0.4, -0.2) is 34.1 Å². The van der Waals surface area contributed by atoms with Crippen LogP contribution in [0.5, 0.6) is 0 Å². The van der Waals surface area contributed by atoms with Crippen molar-refractivity contribution in [2.24, 2.45) is 0 Å². The Hall–Kier alpha value is -1.20. The molecule has 2 heterocycles. The fourth-order valence-electron chi connectivity index (χ4n) is 2.59. The molecule has 0 radical (unpaired) electrons. The summed E-state index contributed by atoms with van der Waals surface area (Å²) in [7, 11) is 0. The molecule has 3 rings (SSSR count). The first-order valence-corrected chi connectivity index (χ1v) is 7.39. The molecule has 1 aliphatic heterocycles. The summed E-state index contributed by atoms with van der Waals surface area (Å²) in [5, 5.41) is 0.705. The molecule has 19 heavy (non-hydrogen) atoms. The van der Waals surface area contributed by atoms with Crippen LogP contribution < -0.4 is 5.56 Å². The van der Waals surface area contributed by atoms with E-state index in [4.69, 9.17) is 0 Å². The van der Waals surface area contributed by atoms with Crippen LogP contribution in [0.3, 0.4) is 0 Å². The van der Waals surface area contributed by atoms with Crippen molar-refractivity contribution in [3.05, 3.63) is 38.9 Å². The van der Waals surface area contributed by atoms with E-state index in [1.165, 1.54) is 0 Å². The van der Waals surface area contributed by atoms with Gasteiger partial charge in [0.25, 0.3) is 5.56 Å². The second-order valence-electron chi connectivity index (χ2n) is 4.83. The first-order chi connectivity index (χ1) is 9.19. The maximum absolute atomic E-state index is 12.5. The highest BCUT2D eigenvalue weighted by atomic mass is 79.9. The number of likely N-dealkylation sites (N-methyl/N-ethyl adjacent to an activating group) is 1. The van der Waals surface area contributed by atoms with Crippen LogP contribution in [0.2, 0.25) is 0 Å². The number of hydrogen-bond acceptors (Lipinski definition) is 3. The van der Waals surface area contributed by atoms with Crippen LogP contribution in [0.25, 0.3) is 10.9 Å². The minimum absolute atomic E-state index is 0.0884. The maximum Gasteiger partial charge on any atom is 0.261 e. The van der Waals surface area contributed by atoms with Gasteiger partial charge in [-0.05, 0) is 24.7 Å². The van der Waals surface area contributed by atoms with Crippen LogP contribution in [0.4, 0.5) is 0 Å². The van der Waals surface area contributed by atoms with Crippen LogP contribution in [-0.2, 0) is 13.0 Å². The number of nitrogens with zero attached hydrogens (tertiary/aromatic N) is 3. The Morgan fingerprint density at radius 2 is 2.16 bits per heavy atom. The lowest BCUT2D eigenvalue weighted by molar-refractivity contribution is 0.294. The molecule has 0 N–H and O–H groups in total. The van der Waals surface area contributed by atoms with Crippen molar-refractivity contribution in [1.82, 2.24) is 14.5 Å². The van der Waals surface area contributed by atoms with E-state index in [1.54, 1.807) is 0 Å². The van der Waals surface area contributed by atoms with Gasteiger partial charge in [0.2, 0.25) is 0 Å². The molecular formula is C14H16BrN3O. The molecule has 5 heteroatoms. The van der Waals surface area contributed by atoms with E-state index in [-0.39, 0.29) is 5.56 Å². The zero-order chi connectivity index (χ0) is 13.4. The third kappa shape index (κ3) is 2.32. The van der Waals surface area contributed by atoms with E-state index >= 15 is 0 Å². The fourth-order valence-corrected chi connectivity index (χ4v) is 2.94. The minimum atomic E-state index is 0.0884. The molecule has 0 saturated heterocycles. The summed E-state index contributed by atoms with van der Waals surface area (Å²) in [4.78, 5) is 19.5. The van der Waals surface area contributed by atoms with Gasteiger partial charge < -0.3 is 4.90 Å². The summed E-state index contributed by atoms with van der Waals surface area (Å²) in [5.41, 5.74) is 0.876. The molecule has 0 bridgehead atoms. The van der Waals surface area contributed by atoms with Gasteiger partial charge in [0.05, 0.1) is 10.9 Å². The molecule has 2 aromatic rings. The SMILES string of the molecule is CCN1CCc2nc3cc(Br)ccc3c(=O)n2CC1. The number of hydrogen-bond donors (Lipinski definition) is 0. The molecule has 1 aliphatic rings. The molecule has 1 aromatic carbocycles. The highest BCUT2D eigenvalue weighted by Crippen LogP contribution is 2.17. The Morgan fingerprint density at radius 3 is 2.95 bits per heavy atom. The van der Waals surface area contributed by atoms with Gasteiger partial charge >= 0.3 is 0 Å². The van der Waals surface area contributed by atoms with Crippen molar-refractivity contribution in [2.75, 3.05) is 19.6 Å². The van der Waals surface area contributed by atoms with Crippen molar-refractivity contribution in [2.45, 2.75) is 19.9 Å². The average molecular weight is 322 g/mol. The highest BCUT2D eigenvalue weighted by Gasteiger charge is 2.16. The lowest BCUT2D eigenvalue weighted by atomic mass is 10.2. The third-order valence-corrected chi connectivity index (χ3v) is 4.23. The molecule has 100 valence electrons. The van der Waals surface area contributed by atoms with Gasteiger partial charge in [-0.15, -0.1) is 0 Å².